The number of hydrogen-bond donors (Lipinski definition) is 0. The number of hydrogen-bond acceptors (Lipinski definition) is 1. The minimum absolute atomic E-state index is 0.00975. The van der Waals surface area contributed by atoms with Crippen LogP contribution < -0.4 is 0 Å². The first-order valence-corrected chi connectivity index (χ1v) is 17.8. The smallest absolute Gasteiger partial charge is 0.0641 e. The summed E-state index contributed by atoms with van der Waals surface area (Å²) in [5.74, 6) is 0. The largest absolute Gasteiger partial charge is 0.309 e. The van der Waals surface area contributed by atoms with Crippen LogP contribution in [0.1, 0.15) is 0 Å². The van der Waals surface area contributed by atoms with Crippen LogP contribution in [0.3, 0.4) is 0 Å². The van der Waals surface area contributed by atoms with Gasteiger partial charge in [-0.15, -0.1) is 11.3 Å². The monoisotopic (exact) mass is 678 g/mol. The van der Waals surface area contributed by atoms with E-state index in [1.807, 2.05) is 11.3 Å². The molecule has 1 aliphatic rings. The molecule has 0 saturated carbocycles. The maximum atomic E-state index is 2.55. The minimum Gasteiger partial charge on any atom is -0.309 e. The molecule has 1 aliphatic heterocycles. The fourth-order valence-corrected chi connectivity index (χ4v) is 9.87. The van der Waals surface area contributed by atoms with Crippen LogP contribution in [-0.4, -0.2) is 13.1 Å². The predicted molar refractivity (Wildman–Crippen MR) is 198 cm³/mol. The Morgan fingerprint density at radius 3 is 1.79 bits per heavy atom. The summed E-state index contributed by atoms with van der Waals surface area (Å²) in [4.78, 5) is 0. The number of benzene rings is 6. The van der Waals surface area contributed by atoms with E-state index in [2.05, 4.69) is 145 Å². The van der Waals surface area contributed by atoms with Crippen LogP contribution in [-0.2, 0) is 0 Å². The van der Waals surface area contributed by atoms with E-state index in [1.54, 1.807) is 0 Å². The highest BCUT2D eigenvalue weighted by Crippen LogP contribution is 2.48. The second-order valence-electron chi connectivity index (χ2n) is 11.1. The standard InChI is InChI=1S/C39H23IN2S/c1-2-12-27-26(11-1)37-35(29-13-3-6-16-31(29)41(37)24-20-22-40-23-21-24)36-30-14-4-7-17-32(30)42(38(27)36)33-18-9-15-28-25-10-5-8-19-34(25)43-39(28)33/h1-23H. The van der Waals surface area contributed by atoms with Crippen molar-refractivity contribution in [3.8, 4) is 5.69 Å². The zero-order valence-electron chi connectivity index (χ0n) is 23.0. The summed E-state index contributed by atoms with van der Waals surface area (Å²) in [6.45, 7) is 0. The highest BCUT2D eigenvalue weighted by molar-refractivity contribution is 14.2. The van der Waals surface area contributed by atoms with Gasteiger partial charge in [0.15, 0.2) is 0 Å². The minimum atomic E-state index is -0.00975. The summed E-state index contributed by atoms with van der Waals surface area (Å²) < 4.78 is 12.4. The molecule has 0 N–H and O–H groups in total. The molecule has 6 aromatic carbocycles. The van der Waals surface area contributed by atoms with Gasteiger partial charge in [0.05, 0.1) is 32.5 Å². The van der Waals surface area contributed by atoms with Crippen molar-refractivity contribution in [1.82, 2.24) is 9.13 Å². The highest BCUT2D eigenvalue weighted by atomic mass is 127. The average molecular weight is 679 g/mol. The van der Waals surface area contributed by atoms with Gasteiger partial charge in [-0.05, 0) is 44.5 Å². The van der Waals surface area contributed by atoms with Gasteiger partial charge in [-0.25, -0.2) is 0 Å². The zero-order valence-corrected chi connectivity index (χ0v) is 25.9. The SMILES string of the molecule is C1=CC(n2c3ccccc3c3c4c5ccccc5n(-c5cccc6c5sc5ccccc56)c4c4ccccc4c32)=CC=I1. The van der Waals surface area contributed by atoms with Crippen molar-refractivity contribution in [2.24, 2.45) is 0 Å². The number of nitrogens with zero attached hydrogens (tertiary/aromatic N) is 2. The molecule has 9 aromatic rings. The summed E-state index contributed by atoms with van der Waals surface area (Å²) in [6.07, 6.45) is 4.65. The van der Waals surface area contributed by atoms with Gasteiger partial charge in [-0.3, -0.25) is 0 Å². The van der Waals surface area contributed by atoms with E-state index >= 15 is 0 Å². The molecular formula is C39H23IN2S. The fourth-order valence-electron chi connectivity index (χ4n) is 7.27. The van der Waals surface area contributed by atoms with Gasteiger partial charge in [0.1, 0.15) is 0 Å². The van der Waals surface area contributed by atoms with Crippen LogP contribution in [0.4, 0.5) is 0 Å². The molecule has 0 radical (unpaired) electrons. The molecule has 0 amide bonds. The quantitative estimate of drug-likeness (QED) is 0.161. The predicted octanol–water partition coefficient (Wildman–Crippen LogP) is 11.6. The maximum Gasteiger partial charge on any atom is 0.0641 e. The van der Waals surface area contributed by atoms with Gasteiger partial charge in [0.2, 0.25) is 0 Å². The Kier molecular flexibility index (Phi) is 5.01. The van der Waals surface area contributed by atoms with Crippen molar-refractivity contribution in [3.05, 3.63) is 131 Å². The molecule has 0 aliphatic carbocycles. The van der Waals surface area contributed by atoms with E-state index in [-0.39, 0.29) is 20.7 Å². The number of para-hydroxylation sites is 2. The Morgan fingerprint density at radius 2 is 1.09 bits per heavy atom. The lowest BCUT2D eigenvalue weighted by molar-refractivity contribution is 1.21. The maximum absolute atomic E-state index is 2.55. The van der Waals surface area contributed by atoms with Crippen LogP contribution in [0.25, 0.3) is 85.9 Å². The third-order valence-corrected chi connectivity index (χ3v) is 11.7. The molecule has 0 bridgehead atoms. The first kappa shape index (κ1) is 24.0. The van der Waals surface area contributed by atoms with E-state index < -0.39 is 0 Å². The molecule has 0 saturated heterocycles. The van der Waals surface area contributed by atoms with Crippen molar-refractivity contribution < 1.29 is 0 Å². The molecule has 0 atom stereocenters. The van der Waals surface area contributed by atoms with E-state index in [0.717, 1.165) is 0 Å². The number of halogens is 1. The van der Waals surface area contributed by atoms with Crippen LogP contribution in [0.5, 0.6) is 0 Å². The van der Waals surface area contributed by atoms with Gasteiger partial charge in [0, 0.05) is 53.5 Å². The molecule has 10 rings (SSSR count). The van der Waals surface area contributed by atoms with Crippen molar-refractivity contribution >= 4 is 116 Å². The van der Waals surface area contributed by atoms with Crippen molar-refractivity contribution in [1.29, 1.82) is 0 Å². The Balaban J connectivity index is 1.50. The van der Waals surface area contributed by atoms with E-state index in [9.17, 15) is 0 Å². The summed E-state index contributed by atoms with van der Waals surface area (Å²) >= 11 is 1.89. The third kappa shape index (κ3) is 3.20. The van der Waals surface area contributed by atoms with Crippen molar-refractivity contribution in [2.45, 2.75) is 0 Å². The third-order valence-electron chi connectivity index (χ3n) is 8.93. The lowest BCUT2D eigenvalue weighted by Gasteiger charge is -2.14. The molecule has 3 aromatic heterocycles. The van der Waals surface area contributed by atoms with Crippen LogP contribution in [0.2, 0.25) is 0 Å². The second kappa shape index (κ2) is 8.99. The van der Waals surface area contributed by atoms with Crippen molar-refractivity contribution in [3.63, 3.8) is 0 Å². The average Bonchev–Trinajstić information content (AvgIpc) is 3.73. The van der Waals surface area contributed by atoms with E-state index in [1.165, 1.54) is 85.9 Å². The number of allylic oxidation sites excluding steroid dienone is 3. The number of thiophene rings is 1. The Bertz CT molecular complexity index is 2730. The molecule has 0 unspecified atom stereocenters. The number of aromatic nitrogens is 2. The molecule has 4 heteroatoms. The molecule has 0 spiro atoms. The van der Waals surface area contributed by atoms with Crippen LogP contribution in [0.15, 0.2) is 131 Å². The molecular weight excluding hydrogens is 655 g/mol. The Morgan fingerprint density at radius 1 is 0.512 bits per heavy atom. The summed E-state index contributed by atoms with van der Waals surface area (Å²) in [5.41, 5.74) is 7.55. The molecule has 2 nitrogen and oxygen atoms in total. The summed E-state index contributed by atoms with van der Waals surface area (Å²) in [6, 6.07) is 42.6. The van der Waals surface area contributed by atoms with Gasteiger partial charge < -0.3 is 9.13 Å². The Labute approximate surface area is 261 Å². The highest BCUT2D eigenvalue weighted by Gasteiger charge is 2.25. The molecule has 4 heterocycles. The molecule has 202 valence electrons. The van der Waals surface area contributed by atoms with Gasteiger partial charge in [-0.1, -0.05) is 112 Å². The first-order chi connectivity index (χ1) is 21.4. The van der Waals surface area contributed by atoms with Gasteiger partial charge in [-0.2, -0.15) is 0 Å². The lowest BCUT2D eigenvalue weighted by atomic mass is 9.99. The van der Waals surface area contributed by atoms with Crippen LogP contribution in [0, 0.1) is 0 Å². The van der Waals surface area contributed by atoms with Gasteiger partial charge >= 0.3 is 0 Å². The van der Waals surface area contributed by atoms with E-state index in [0.29, 0.717) is 0 Å². The number of rotatable bonds is 2. The lowest BCUT2D eigenvalue weighted by Crippen LogP contribution is -1.98. The van der Waals surface area contributed by atoms with E-state index in [4.69, 9.17) is 0 Å². The topological polar surface area (TPSA) is 9.86 Å². The molecule has 0 fully saturated rings. The zero-order chi connectivity index (χ0) is 28.1. The fraction of sp³-hybridized carbons (Fsp3) is 0. The Hall–Kier alpha value is -4.52. The summed E-state index contributed by atoms with van der Waals surface area (Å²) in [5, 5.41) is 10.5. The second-order valence-corrected chi connectivity index (χ2v) is 14.3. The van der Waals surface area contributed by atoms with Crippen molar-refractivity contribution in [2.75, 3.05) is 0 Å². The molecule has 43 heavy (non-hydrogen) atoms. The van der Waals surface area contributed by atoms with Gasteiger partial charge in [0.25, 0.3) is 0 Å². The summed E-state index contributed by atoms with van der Waals surface area (Å²) in [7, 11) is 0. The number of fused-ring (bicyclic) bond motifs is 13. The van der Waals surface area contributed by atoms with Crippen LogP contribution >= 0.6 is 32.1 Å². The normalized spacial score (nSPS) is 13.7. The first-order valence-electron chi connectivity index (χ1n) is 14.5.